The van der Waals surface area contributed by atoms with E-state index >= 15 is 0 Å². The summed E-state index contributed by atoms with van der Waals surface area (Å²) in [4.78, 5) is 20.7. The highest BCUT2D eigenvalue weighted by molar-refractivity contribution is 7.95. The number of carbonyl (C=O) groups is 1. The Balaban J connectivity index is 2.08. The van der Waals surface area contributed by atoms with E-state index in [1.54, 1.807) is 18.2 Å². The molecule has 0 radical (unpaired) electrons. The first-order valence-corrected chi connectivity index (χ1v) is 10.5. The van der Waals surface area contributed by atoms with Crippen molar-refractivity contribution in [2.45, 2.75) is 24.0 Å². The number of sulfone groups is 1. The van der Waals surface area contributed by atoms with Gasteiger partial charge in [0.1, 0.15) is 0 Å². The molecule has 0 atom stereocenters. The van der Waals surface area contributed by atoms with Gasteiger partial charge in [0.05, 0.1) is 25.5 Å². The van der Waals surface area contributed by atoms with Crippen LogP contribution in [0.3, 0.4) is 0 Å². The molecule has 0 unspecified atom stereocenters. The molecule has 2 heterocycles. The van der Waals surface area contributed by atoms with E-state index < -0.39 is 20.9 Å². The summed E-state index contributed by atoms with van der Waals surface area (Å²) in [5.41, 5.74) is 0.538. The lowest BCUT2D eigenvalue weighted by Gasteiger charge is -2.23. The lowest BCUT2D eigenvalue weighted by Crippen LogP contribution is -2.39. The van der Waals surface area contributed by atoms with Gasteiger partial charge in [0.25, 0.3) is 11.1 Å². The molecule has 0 aliphatic carbocycles. The number of nitriles is 1. The molecule has 1 amide bonds. The number of thiocyanates is 1. The number of ether oxygens (including phenoxy) is 3. The zero-order valence-corrected chi connectivity index (χ0v) is 17.2. The van der Waals surface area contributed by atoms with Gasteiger partial charge in [-0.3, -0.25) is 4.79 Å². The van der Waals surface area contributed by atoms with Gasteiger partial charge >= 0.3 is 9.84 Å². The number of rotatable bonds is 6. The van der Waals surface area contributed by atoms with Crippen molar-refractivity contribution in [3.63, 3.8) is 0 Å². The lowest BCUT2D eigenvalue weighted by atomic mass is 10.0. The van der Waals surface area contributed by atoms with Gasteiger partial charge in [-0.25, -0.2) is 18.4 Å². The Bertz CT molecular complexity index is 1090. The first-order valence-electron chi connectivity index (χ1n) is 9.03. The number of methoxy groups -OCH3 is 2. The molecule has 1 aromatic heterocycles. The van der Waals surface area contributed by atoms with Crippen LogP contribution in [0.4, 0.5) is 0 Å². The van der Waals surface area contributed by atoms with Crippen molar-refractivity contribution in [2.24, 2.45) is 0 Å². The maximum absolute atomic E-state index is 12.9. The third-order valence-electron chi connectivity index (χ3n) is 4.59. The largest absolute Gasteiger partial charge is 0.493 e. The Kier molecular flexibility index (Phi) is 6.49. The molecule has 10 nitrogen and oxygen atoms in total. The fourth-order valence-corrected chi connectivity index (χ4v) is 3.50. The van der Waals surface area contributed by atoms with Crippen LogP contribution in [-0.4, -0.2) is 57.8 Å². The van der Waals surface area contributed by atoms with Gasteiger partial charge in [0.2, 0.25) is 5.40 Å². The van der Waals surface area contributed by atoms with Crippen LogP contribution in [0.1, 0.15) is 23.2 Å². The van der Waals surface area contributed by atoms with Crippen LogP contribution in [0.15, 0.2) is 29.6 Å². The van der Waals surface area contributed by atoms with E-state index in [0.29, 0.717) is 43.1 Å². The fourth-order valence-electron chi connectivity index (χ4n) is 3.01. The van der Waals surface area contributed by atoms with E-state index in [2.05, 4.69) is 15.3 Å². The Morgan fingerprint density at radius 3 is 2.57 bits per heavy atom. The second-order valence-electron chi connectivity index (χ2n) is 6.44. The van der Waals surface area contributed by atoms with E-state index in [-0.39, 0.29) is 17.3 Å². The Hall–Kier alpha value is -3.23. The molecule has 0 saturated carbocycles. The van der Waals surface area contributed by atoms with Gasteiger partial charge in [-0.2, -0.15) is 5.26 Å². The van der Waals surface area contributed by atoms with Crippen molar-refractivity contribution < 1.29 is 27.4 Å². The summed E-state index contributed by atoms with van der Waals surface area (Å²) in [6.45, 7) is 1.09. The van der Waals surface area contributed by atoms with Crippen molar-refractivity contribution in [2.75, 3.05) is 27.4 Å². The molecule has 0 spiro atoms. The molecule has 11 heteroatoms. The molecule has 158 valence electrons. The number of amides is 1. The highest BCUT2D eigenvalue weighted by atomic mass is 32.2. The van der Waals surface area contributed by atoms with Gasteiger partial charge < -0.3 is 19.5 Å². The molecule has 1 fully saturated rings. The SMILES string of the molecule is COc1ccc(-c2nc(S(=O)(=O)C#N)ncc2C(=O)NC2CCOCC2)cc1OC. The van der Waals surface area contributed by atoms with Gasteiger partial charge in [-0.1, -0.05) is 0 Å². The third-order valence-corrected chi connectivity index (χ3v) is 5.50. The summed E-state index contributed by atoms with van der Waals surface area (Å²) in [5.74, 6) is 0.370. The van der Waals surface area contributed by atoms with Crippen molar-refractivity contribution >= 4 is 15.7 Å². The minimum absolute atomic E-state index is 0.0596. The van der Waals surface area contributed by atoms with Crippen molar-refractivity contribution in [1.29, 1.82) is 5.26 Å². The number of benzene rings is 1. The average Bonchev–Trinajstić information content (AvgIpc) is 2.78. The van der Waals surface area contributed by atoms with E-state index in [0.717, 1.165) is 6.20 Å². The van der Waals surface area contributed by atoms with Crippen molar-refractivity contribution in [3.05, 3.63) is 30.0 Å². The lowest BCUT2D eigenvalue weighted by molar-refractivity contribution is 0.0696. The molecule has 1 aliphatic heterocycles. The van der Waals surface area contributed by atoms with Crippen LogP contribution in [-0.2, 0) is 14.6 Å². The second kappa shape index (κ2) is 9.06. The van der Waals surface area contributed by atoms with Crippen LogP contribution < -0.4 is 14.8 Å². The van der Waals surface area contributed by atoms with Crippen LogP contribution in [0.25, 0.3) is 11.3 Å². The smallest absolute Gasteiger partial charge is 0.305 e. The van der Waals surface area contributed by atoms with E-state index in [4.69, 9.17) is 19.5 Å². The first kappa shape index (κ1) is 21.5. The number of nitrogens with one attached hydrogen (secondary N) is 1. The molecular weight excluding hydrogens is 412 g/mol. The van der Waals surface area contributed by atoms with E-state index in [1.807, 2.05) is 0 Å². The summed E-state index contributed by atoms with van der Waals surface area (Å²) in [6, 6.07) is 4.70. The zero-order valence-electron chi connectivity index (χ0n) is 16.4. The van der Waals surface area contributed by atoms with E-state index in [1.165, 1.54) is 19.6 Å². The quantitative estimate of drug-likeness (QED) is 0.406. The standard InChI is InChI=1S/C19H20N4O6S/c1-27-15-4-3-12(9-16(15)28-2)17-14(10-21-19(23-17)30(25,26)11-20)18(24)22-13-5-7-29-8-6-13/h3-4,9-10,13H,5-8H2,1-2H3,(H,22,24). The van der Waals surface area contributed by atoms with E-state index in [9.17, 15) is 13.2 Å². The zero-order chi connectivity index (χ0) is 21.7. The fraction of sp³-hybridized carbons (Fsp3) is 0.368. The first-order chi connectivity index (χ1) is 14.4. The van der Waals surface area contributed by atoms with Crippen LogP contribution in [0.2, 0.25) is 0 Å². The molecule has 3 rings (SSSR count). The predicted molar refractivity (Wildman–Crippen MR) is 105 cm³/mol. The molecule has 1 N–H and O–H groups in total. The van der Waals surface area contributed by atoms with Crippen molar-refractivity contribution in [1.82, 2.24) is 15.3 Å². The van der Waals surface area contributed by atoms with Crippen molar-refractivity contribution in [3.8, 4) is 28.2 Å². The minimum Gasteiger partial charge on any atom is -0.493 e. The molecule has 1 saturated heterocycles. The molecule has 0 bridgehead atoms. The topological polar surface area (TPSA) is 140 Å². The average molecular weight is 432 g/mol. The Morgan fingerprint density at radius 1 is 1.23 bits per heavy atom. The Labute approximate surface area is 173 Å². The van der Waals surface area contributed by atoms with Crippen LogP contribution in [0.5, 0.6) is 11.5 Å². The highest BCUT2D eigenvalue weighted by Crippen LogP contribution is 2.33. The van der Waals surface area contributed by atoms with Gasteiger partial charge in [-0.05, 0) is 31.0 Å². The third kappa shape index (κ3) is 4.50. The maximum atomic E-state index is 12.9. The monoisotopic (exact) mass is 432 g/mol. The molecule has 30 heavy (non-hydrogen) atoms. The highest BCUT2D eigenvalue weighted by Gasteiger charge is 2.25. The second-order valence-corrected chi connectivity index (χ2v) is 7.99. The number of hydrogen-bond acceptors (Lipinski definition) is 9. The summed E-state index contributed by atoms with van der Waals surface area (Å²) in [5, 5.41) is 12.3. The van der Waals surface area contributed by atoms with Gasteiger partial charge in [-0.15, -0.1) is 0 Å². The molecule has 2 aromatic rings. The molecular formula is C19H20N4O6S. The Morgan fingerprint density at radius 2 is 1.93 bits per heavy atom. The normalized spacial score (nSPS) is 14.6. The predicted octanol–water partition coefficient (Wildman–Crippen LogP) is 1.32. The number of hydrogen-bond donors (Lipinski definition) is 1. The van der Waals surface area contributed by atoms with Gasteiger partial charge in [0, 0.05) is 31.0 Å². The summed E-state index contributed by atoms with van der Waals surface area (Å²) in [7, 11) is -1.42. The van der Waals surface area contributed by atoms with Crippen LogP contribution in [0, 0.1) is 10.7 Å². The summed E-state index contributed by atoms with van der Waals surface area (Å²) >= 11 is 0. The molecule has 1 aromatic carbocycles. The minimum atomic E-state index is -4.35. The maximum Gasteiger partial charge on any atom is 0.305 e. The number of aromatic nitrogens is 2. The summed E-state index contributed by atoms with van der Waals surface area (Å²) in [6.07, 6.45) is 2.44. The number of carbonyl (C=O) groups excluding carboxylic acids is 1. The molecule has 1 aliphatic rings. The van der Waals surface area contributed by atoms with Gasteiger partial charge in [0.15, 0.2) is 11.5 Å². The number of nitrogens with zero attached hydrogens (tertiary/aromatic N) is 3. The summed E-state index contributed by atoms with van der Waals surface area (Å²) < 4.78 is 39.7. The van der Waals surface area contributed by atoms with Crippen LogP contribution >= 0.6 is 0 Å².